The van der Waals surface area contributed by atoms with E-state index in [1.54, 1.807) is 0 Å². The molecule has 1 N–H and O–H groups in total. The molecule has 0 saturated heterocycles. The third kappa shape index (κ3) is 10.4. The second kappa shape index (κ2) is 8.31. The maximum atomic E-state index is 3.64. The van der Waals surface area contributed by atoms with Crippen molar-refractivity contribution in [3.8, 4) is 0 Å². The van der Waals surface area contributed by atoms with Crippen LogP contribution in [0, 0.1) is 5.41 Å². The van der Waals surface area contributed by atoms with Gasteiger partial charge in [-0.15, -0.1) is 0 Å². The molecule has 0 aromatic heterocycles. The van der Waals surface area contributed by atoms with Crippen LogP contribution in [-0.2, 0) is 0 Å². The average Bonchev–Trinajstić information content (AvgIpc) is 2.15. The zero-order valence-electron chi connectivity index (χ0n) is 11.4. The fraction of sp³-hybridized carbons (Fsp3) is 1.00. The number of rotatable bonds is 8. The standard InChI is InChI=1S/C12H30N2Si/c1-6-14(7-2)11-13-15-10-8-9-12(3,4)5/h13H,6-11,15H2,1-5H3. The highest BCUT2D eigenvalue weighted by atomic mass is 28.2. The first-order chi connectivity index (χ1) is 6.99. The Labute approximate surface area is 98.7 Å². The Morgan fingerprint density at radius 1 is 1.13 bits per heavy atom. The van der Waals surface area contributed by atoms with Crippen LogP contribution in [0.5, 0.6) is 0 Å². The van der Waals surface area contributed by atoms with Crippen LogP contribution in [-0.4, -0.2) is 34.3 Å². The van der Waals surface area contributed by atoms with E-state index in [0.717, 1.165) is 6.67 Å². The fourth-order valence-electron chi connectivity index (χ4n) is 1.59. The predicted octanol–water partition coefficient (Wildman–Crippen LogP) is 2.20. The van der Waals surface area contributed by atoms with Crippen molar-refractivity contribution < 1.29 is 0 Å². The molecule has 0 bridgehead atoms. The molecular weight excluding hydrogens is 200 g/mol. The summed E-state index contributed by atoms with van der Waals surface area (Å²) in [5.41, 5.74) is 0.521. The molecule has 0 fully saturated rings. The number of hydrogen-bond acceptors (Lipinski definition) is 2. The second-order valence-electron chi connectivity index (χ2n) is 5.48. The van der Waals surface area contributed by atoms with Gasteiger partial charge >= 0.3 is 0 Å². The van der Waals surface area contributed by atoms with Crippen molar-refractivity contribution in [1.29, 1.82) is 0 Å². The highest BCUT2D eigenvalue weighted by molar-refractivity contribution is 6.31. The largest absolute Gasteiger partial charge is 0.331 e. The molecule has 0 aromatic rings. The quantitative estimate of drug-likeness (QED) is 0.391. The first-order valence-corrected chi connectivity index (χ1v) is 8.13. The Kier molecular flexibility index (Phi) is 8.38. The van der Waals surface area contributed by atoms with E-state index in [1.807, 2.05) is 0 Å². The van der Waals surface area contributed by atoms with Crippen LogP contribution in [0.25, 0.3) is 0 Å². The van der Waals surface area contributed by atoms with E-state index in [-0.39, 0.29) is 9.68 Å². The molecule has 0 aromatic carbocycles. The monoisotopic (exact) mass is 230 g/mol. The number of nitrogens with zero attached hydrogens (tertiary/aromatic N) is 1. The van der Waals surface area contributed by atoms with Gasteiger partial charge < -0.3 is 4.98 Å². The third-order valence-electron chi connectivity index (χ3n) is 2.76. The minimum absolute atomic E-state index is 0.0108. The van der Waals surface area contributed by atoms with Crippen LogP contribution in [0.3, 0.4) is 0 Å². The average molecular weight is 230 g/mol. The summed E-state index contributed by atoms with van der Waals surface area (Å²) in [4.78, 5) is 6.08. The van der Waals surface area contributed by atoms with Crippen molar-refractivity contribution in [2.24, 2.45) is 5.41 Å². The van der Waals surface area contributed by atoms with Gasteiger partial charge in [-0.25, -0.2) is 0 Å². The normalized spacial score (nSPS) is 13.2. The summed E-state index contributed by atoms with van der Waals surface area (Å²) in [6, 6.07) is 1.44. The Hall–Kier alpha value is 0.137. The van der Waals surface area contributed by atoms with Gasteiger partial charge in [-0.3, -0.25) is 4.90 Å². The molecule has 0 heterocycles. The maximum absolute atomic E-state index is 3.64. The molecule has 0 amide bonds. The molecule has 15 heavy (non-hydrogen) atoms. The third-order valence-corrected chi connectivity index (χ3v) is 4.19. The van der Waals surface area contributed by atoms with Crippen molar-refractivity contribution in [3.63, 3.8) is 0 Å². The molecule has 0 aliphatic rings. The van der Waals surface area contributed by atoms with E-state index in [2.05, 4.69) is 44.5 Å². The molecule has 0 saturated carbocycles. The van der Waals surface area contributed by atoms with Crippen LogP contribution < -0.4 is 4.98 Å². The van der Waals surface area contributed by atoms with E-state index in [1.165, 1.54) is 32.0 Å². The Bertz CT molecular complexity index is 139. The molecule has 3 heteroatoms. The van der Waals surface area contributed by atoms with E-state index in [9.17, 15) is 0 Å². The summed E-state index contributed by atoms with van der Waals surface area (Å²) in [6.07, 6.45) is 2.77. The van der Waals surface area contributed by atoms with Gasteiger partial charge in [0.25, 0.3) is 0 Å². The van der Waals surface area contributed by atoms with Crippen molar-refractivity contribution in [3.05, 3.63) is 0 Å². The fourth-order valence-corrected chi connectivity index (χ4v) is 2.81. The van der Waals surface area contributed by atoms with E-state index >= 15 is 0 Å². The zero-order valence-corrected chi connectivity index (χ0v) is 12.8. The SMILES string of the molecule is CCN(CC)CN[SiH2]CCCC(C)(C)C. The maximum Gasteiger partial charge on any atom is 0.0930 e. The van der Waals surface area contributed by atoms with Gasteiger partial charge in [0.15, 0.2) is 0 Å². The van der Waals surface area contributed by atoms with Gasteiger partial charge in [0.1, 0.15) is 0 Å². The van der Waals surface area contributed by atoms with Crippen molar-refractivity contribution in [2.75, 3.05) is 19.8 Å². The predicted molar refractivity (Wildman–Crippen MR) is 73.0 cm³/mol. The van der Waals surface area contributed by atoms with Crippen molar-refractivity contribution in [1.82, 2.24) is 9.88 Å². The summed E-state index contributed by atoms with van der Waals surface area (Å²) < 4.78 is 0. The number of hydrogen-bond donors (Lipinski definition) is 1. The molecule has 0 radical (unpaired) electrons. The van der Waals surface area contributed by atoms with Gasteiger partial charge in [0, 0.05) is 6.67 Å². The minimum atomic E-state index is -0.0108. The highest BCUT2D eigenvalue weighted by Gasteiger charge is 2.08. The van der Waals surface area contributed by atoms with Crippen LogP contribution >= 0.6 is 0 Å². The lowest BCUT2D eigenvalue weighted by Gasteiger charge is -2.19. The molecule has 0 aliphatic carbocycles. The summed E-state index contributed by atoms with van der Waals surface area (Å²) in [5.74, 6) is 0. The highest BCUT2D eigenvalue weighted by Crippen LogP contribution is 2.21. The molecule has 92 valence electrons. The minimum Gasteiger partial charge on any atom is -0.331 e. The van der Waals surface area contributed by atoms with Gasteiger partial charge in [0.2, 0.25) is 0 Å². The molecule has 0 atom stereocenters. The summed E-state index contributed by atoms with van der Waals surface area (Å²) in [7, 11) is -0.0108. The molecular formula is C12H30N2Si. The number of nitrogens with one attached hydrogen (secondary N) is 1. The van der Waals surface area contributed by atoms with Crippen LogP contribution in [0.1, 0.15) is 47.5 Å². The van der Waals surface area contributed by atoms with E-state index in [4.69, 9.17) is 0 Å². The van der Waals surface area contributed by atoms with Crippen molar-refractivity contribution >= 4 is 9.68 Å². The van der Waals surface area contributed by atoms with Crippen LogP contribution in [0.4, 0.5) is 0 Å². The van der Waals surface area contributed by atoms with E-state index in [0.29, 0.717) is 5.41 Å². The molecule has 2 nitrogen and oxygen atoms in total. The summed E-state index contributed by atoms with van der Waals surface area (Å²) >= 11 is 0. The molecule has 0 unspecified atom stereocenters. The van der Waals surface area contributed by atoms with Crippen LogP contribution in [0.15, 0.2) is 0 Å². The van der Waals surface area contributed by atoms with Crippen LogP contribution in [0.2, 0.25) is 6.04 Å². The van der Waals surface area contributed by atoms with Gasteiger partial charge in [-0.2, -0.15) is 0 Å². The second-order valence-corrected chi connectivity index (χ2v) is 7.19. The van der Waals surface area contributed by atoms with E-state index < -0.39 is 0 Å². The Morgan fingerprint density at radius 2 is 1.73 bits per heavy atom. The smallest absolute Gasteiger partial charge is 0.0930 e. The zero-order chi connectivity index (χ0) is 11.7. The van der Waals surface area contributed by atoms with Crippen molar-refractivity contribution in [2.45, 2.75) is 53.5 Å². The van der Waals surface area contributed by atoms with Gasteiger partial charge in [-0.05, 0) is 31.0 Å². The first kappa shape index (κ1) is 15.1. The molecule has 0 aliphatic heterocycles. The molecule has 0 spiro atoms. The summed E-state index contributed by atoms with van der Waals surface area (Å²) in [6.45, 7) is 14.9. The molecule has 0 rings (SSSR count). The Morgan fingerprint density at radius 3 is 2.20 bits per heavy atom. The topological polar surface area (TPSA) is 15.3 Å². The van der Waals surface area contributed by atoms with Gasteiger partial charge in [0.05, 0.1) is 9.68 Å². The first-order valence-electron chi connectivity index (χ1n) is 6.42. The lowest BCUT2D eigenvalue weighted by atomic mass is 9.91. The Balaban J connectivity index is 3.25. The van der Waals surface area contributed by atoms with Gasteiger partial charge in [-0.1, -0.05) is 41.0 Å². The lowest BCUT2D eigenvalue weighted by Crippen LogP contribution is -2.35. The summed E-state index contributed by atoms with van der Waals surface area (Å²) in [5, 5.41) is 0. The lowest BCUT2D eigenvalue weighted by molar-refractivity contribution is 0.300.